The lowest BCUT2D eigenvalue weighted by atomic mass is 9.48. The SMILES string of the molecule is C[C@]12C=CC(=O)CC1C=C[C@@H]1[C@H]2CC[C@@]2(C)[C@H]1CCC2(O)O. The molecule has 1 unspecified atom stereocenters. The Bertz CT molecular complexity index is 575. The van der Waals surface area contributed by atoms with E-state index in [-0.39, 0.29) is 11.2 Å². The normalized spacial score (nSPS) is 52.1. The van der Waals surface area contributed by atoms with Crippen molar-refractivity contribution in [3.05, 3.63) is 24.3 Å². The minimum absolute atomic E-state index is 0.0464. The third kappa shape index (κ3) is 1.67. The van der Waals surface area contributed by atoms with Crippen molar-refractivity contribution in [2.24, 2.45) is 34.5 Å². The third-order valence-corrected chi connectivity index (χ3v) is 7.65. The van der Waals surface area contributed by atoms with Crippen molar-refractivity contribution in [1.82, 2.24) is 0 Å². The van der Waals surface area contributed by atoms with Crippen molar-refractivity contribution in [2.75, 3.05) is 0 Å². The number of rotatable bonds is 0. The smallest absolute Gasteiger partial charge is 0.168 e. The molecule has 0 bridgehead atoms. The molecule has 2 fully saturated rings. The molecular weight excluding hydrogens is 276 g/mol. The predicted octanol–water partition coefficient (Wildman–Crippen LogP) is 2.83. The van der Waals surface area contributed by atoms with Crippen molar-refractivity contribution < 1.29 is 15.0 Å². The van der Waals surface area contributed by atoms with E-state index in [1.807, 2.05) is 0 Å². The van der Waals surface area contributed by atoms with Crippen LogP contribution in [0.2, 0.25) is 0 Å². The Balaban J connectivity index is 1.73. The summed E-state index contributed by atoms with van der Waals surface area (Å²) in [5.41, 5.74) is -0.347. The molecule has 22 heavy (non-hydrogen) atoms. The van der Waals surface area contributed by atoms with Gasteiger partial charge in [0.05, 0.1) is 0 Å². The molecule has 0 aromatic rings. The Morgan fingerprint density at radius 3 is 2.59 bits per heavy atom. The van der Waals surface area contributed by atoms with E-state index in [2.05, 4.69) is 32.1 Å². The summed E-state index contributed by atoms with van der Waals surface area (Å²) in [6.45, 7) is 4.36. The topological polar surface area (TPSA) is 57.5 Å². The van der Waals surface area contributed by atoms with Crippen molar-refractivity contribution in [3.8, 4) is 0 Å². The van der Waals surface area contributed by atoms with Crippen molar-refractivity contribution in [2.45, 2.75) is 51.7 Å². The minimum atomic E-state index is -1.52. The fourth-order valence-corrected chi connectivity index (χ4v) is 6.02. The van der Waals surface area contributed by atoms with Crippen LogP contribution in [-0.4, -0.2) is 21.8 Å². The van der Waals surface area contributed by atoms with Gasteiger partial charge in [-0.15, -0.1) is 0 Å². The maximum atomic E-state index is 11.8. The minimum Gasteiger partial charge on any atom is -0.365 e. The molecule has 0 aromatic carbocycles. The summed E-state index contributed by atoms with van der Waals surface area (Å²) in [4.78, 5) is 11.8. The number of carbonyl (C=O) groups excluding carboxylic acids is 1. The summed E-state index contributed by atoms with van der Waals surface area (Å²) in [6.07, 6.45) is 12.3. The molecule has 0 heterocycles. The number of ketones is 1. The van der Waals surface area contributed by atoms with Crippen molar-refractivity contribution >= 4 is 5.78 Å². The second kappa shape index (κ2) is 4.33. The van der Waals surface area contributed by atoms with Gasteiger partial charge in [-0.3, -0.25) is 4.79 Å². The summed E-state index contributed by atoms with van der Waals surface area (Å²) in [7, 11) is 0. The first kappa shape index (κ1) is 14.6. The fourth-order valence-electron chi connectivity index (χ4n) is 6.02. The lowest BCUT2D eigenvalue weighted by Crippen LogP contribution is -2.54. The van der Waals surface area contributed by atoms with E-state index >= 15 is 0 Å². The van der Waals surface area contributed by atoms with Gasteiger partial charge in [0.15, 0.2) is 11.6 Å². The van der Waals surface area contributed by atoms with Crippen LogP contribution in [0.1, 0.15) is 46.0 Å². The number of carbonyl (C=O) groups is 1. The van der Waals surface area contributed by atoms with Crippen molar-refractivity contribution in [3.63, 3.8) is 0 Å². The van der Waals surface area contributed by atoms with Gasteiger partial charge in [-0.25, -0.2) is 0 Å². The third-order valence-electron chi connectivity index (χ3n) is 7.65. The molecular formula is C19H26O3. The summed E-state index contributed by atoms with van der Waals surface area (Å²) in [5.74, 6) is 0.271. The highest BCUT2D eigenvalue weighted by molar-refractivity contribution is 5.91. The van der Waals surface area contributed by atoms with E-state index in [0.717, 1.165) is 19.3 Å². The molecule has 0 amide bonds. The second-order valence-corrected chi connectivity index (χ2v) is 8.46. The van der Waals surface area contributed by atoms with E-state index in [1.54, 1.807) is 6.08 Å². The lowest BCUT2D eigenvalue weighted by molar-refractivity contribution is -0.244. The number of aliphatic hydroxyl groups is 2. The largest absolute Gasteiger partial charge is 0.365 e. The van der Waals surface area contributed by atoms with Gasteiger partial charge in [0.25, 0.3) is 0 Å². The monoisotopic (exact) mass is 302 g/mol. The van der Waals surface area contributed by atoms with E-state index in [0.29, 0.717) is 36.5 Å². The standard InChI is InChI=1S/C19H26O3/c1-17-8-5-13(20)11-12(17)3-4-14-15(17)6-9-18(2)16(14)7-10-19(18,21)22/h3-5,8,12,14-16,21-22H,6-7,9-11H2,1-2H3/t12?,14-,15-,16+,17+,18+/m1/s1. The van der Waals surface area contributed by atoms with Gasteiger partial charge in [-0.05, 0) is 54.4 Å². The maximum Gasteiger partial charge on any atom is 0.168 e. The molecule has 4 aliphatic rings. The first-order chi connectivity index (χ1) is 10.3. The molecule has 3 heteroatoms. The van der Waals surface area contributed by atoms with E-state index in [4.69, 9.17) is 0 Å². The quantitative estimate of drug-likeness (QED) is 0.534. The Hall–Kier alpha value is -0.930. The highest BCUT2D eigenvalue weighted by Crippen LogP contribution is 2.65. The van der Waals surface area contributed by atoms with Gasteiger partial charge in [0, 0.05) is 18.3 Å². The summed E-state index contributed by atoms with van der Waals surface area (Å²) in [6, 6.07) is 0. The molecule has 0 radical (unpaired) electrons. The number of allylic oxidation sites excluding steroid dienone is 4. The Labute approximate surface area is 132 Å². The lowest BCUT2D eigenvalue weighted by Gasteiger charge is -2.56. The van der Waals surface area contributed by atoms with Crippen LogP contribution in [0.15, 0.2) is 24.3 Å². The predicted molar refractivity (Wildman–Crippen MR) is 83.7 cm³/mol. The average Bonchev–Trinajstić information content (AvgIpc) is 2.70. The number of hydrogen-bond acceptors (Lipinski definition) is 3. The molecule has 120 valence electrons. The maximum absolute atomic E-state index is 11.8. The van der Waals surface area contributed by atoms with Gasteiger partial charge in [-0.2, -0.15) is 0 Å². The van der Waals surface area contributed by atoms with E-state index < -0.39 is 11.2 Å². The summed E-state index contributed by atoms with van der Waals surface area (Å²) < 4.78 is 0. The van der Waals surface area contributed by atoms with Gasteiger partial charge in [0.1, 0.15) is 0 Å². The van der Waals surface area contributed by atoms with Crippen LogP contribution in [0.3, 0.4) is 0 Å². The highest BCUT2D eigenvalue weighted by Gasteiger charge is 2.63. The Kier molecular flexibility index (Phi) is 2.88. The number of hydrogen-bond donors (Lipinski definition) is 2. The van der Waals surface area contributed by atoms with Crippen LogP contribution >= 0.6 is 0 Å². The zero-order valence-electron chi connectivity index (χ0n) is 13.5. The highest BCUT2D eigenvalue weighted by atomic mass is 16.5. The zero-order valence-corrected chi connectivity index (χ0v) is 13.5. The van der Waals surface area contributed by atoms with Gasteiger partial charge >= 0.3 is 0 Å². The Morgan fingerprint density at radius 1 is 1.09 bits per heavy atom. The molecule has 3 nitrogen and oxygen atoms in total. The molecule has 2 N–H and O–H groups in total. The molecule has 4 rings (SSSR count). The molecule has 0 aliphatic heterocycles. The van der Waals surface area contributed by atoms with Gasteiger partial charge < -0.3 is 10.2 Å². The van der Waals surface area contributed by atoms with Crippen LogP contribution in [-0.2, 0) is 4.79 Å². The van der Waals surface area contributed by atoms with Crippen LogP contribution in [0.4, 0.5) is 0 Å². The van der Waals surface area contributed by atoms with E-state index in [1.165, 1.54) is 0 Å². The van der Waals surface area contributed by atoms with Crippen molar-refractivity contribution in [1.29, 1.82) is 0 Å². The van der Waals surface area contributed by atoms with Crippen LogP contribution < -0.4 is 0 Å². The average molecular weight is 302 g/mol. The summed E-state index contributed by atoms with van der Waals surface area (Å²) in [5, 5.41) is 20.9. The van der Waals surface area contributed by atoms with Crippen LogP contribution in [0.5, 0.6) is 0 Å². The molecule has 2 saturated carbocycles. The first-order valence-electron chi connectivity index (χ1n) is 8.63. The molecule has 6 atom stereocenters. The summed E-state index contributed by atoms with van der Waals surface area (Å²) >= 11 is 0. The first-order valence-corrected chi connectivity index (χ1v) is 8.63. The van der Waals surface area contributed by atoms with Crippen LogP contribution in [0, 0.1) is 34.5 Å². The zero-order chi connectivity index (χ0) is 15.8. The van der Waals surface area contributed by atoms with Gasteiger partial charge in [-0.1, -0.05) is 32.1 Å². The van der Waals surface area contributed by atoms with Crippen LogP contribution in [0.25, 0.3) is 0 Å². The van der Waals surface area contributed by atoms with Gasteiger partial charge in [0.2, 0.25) is 0 Å². The molecule has 4 aliphatic carbocycles. The molecule has 0 saturated heterocycles. The molecule has 0 spiro atoms. The number of fused-ring (bicyclic) bond motifs is 5. The molecule has 0 aromatic heterocycles. The fraction of sp³-hybridized carbons (Fsp3) is 0.737. The Morgan fingerprint density at radius 2 is 1.82 bits per heavy atom. The second-order valence-electron chi connectivity index (χ2n) is 8.46. The van der Waals surface area contributed by atoms with E-state index in [9.17, 15) is 15.0 Å².